The van der Waals surface area contributed by atoms with Gasteiger partial charge in [0.1, 0.15) is 7.14 Å². The fraction of sp³-hybridized carbons (Fsp3) is 0.400. The molecule has 0 N–H and O–H groups in total. The molecule has 4 heteroatoms. The molecule has 3 rings (SSSR count). The molecular weight excluding hydrogens is 447 g/mol. The van der Waals surface area contributed by atoms with E-state index < -0.39 is 7.14 Å². The molecule has 24 heavy (non-hydrogen) atoms. The molecule has 2 aromatic rings. The molecule has 1 atom stereocenters. The Bertz CT molecular complexity index is 745. The van der Waals surface area contributed by atoms with Gasteiger partial charge in [-0.3, -0.25) is 0 Å². The Hall–Kier alpha value is -0.370. The summed E-state index contributed by atoms with van der Waals surface area (Å²) in [6.45, 7) is 4.49. The lowest BCUT2D eigenvalue weighted by molar-refractivity contribution is 0.450. The van der Waals surface area contributed by atoms with E-state index in [0.717, 1.165) is 43.3 Å². The van der Waals surface area contributed by atoms with Crippen molar-refractivity contribution < 1.29 is 4.57 Å². The second kappa shape index (κ2) is 7.48. The quantitative estimate of drug-likeness (QED) is 0.429. The maximum absolute atomic E-state index is 14.1. The van der Waals surface area contributed by atoms with Gasteiger partial charge in [0.05, 0.1) is 0 Å². The molecule has 0 spiro atoms. The van der Waals surface area contributed by atoms with Crippen LogP contribution in [-0.2, 0) is 4.57 Å². The third kappa shape index (κ3) is 3.32. The van der Waals surface area contributed by atoms with Gasteiger partial charge < -0.3 is 4.57 Å². The van der Waals surface area contributed by atoms with Crippen LogP contribution < -0.4 is 10.6 Å². The number of benzene rings is 2. The van der Waals surface area contributed by atoms with Crippen LogP contribution in [0.1, 0.15) is 39.5 Å². The SMILES string of the molecule is CCCC(CC)CCP1(=O)c2cc(Br)ccc2-c2ccc(Br)cc21. The first kappa shape index (κ1) is 18.4. The van der Waals surface area contributed by atoms with Crippen LogP contribution in [0.2, 0.25) is 0 Å². The number of hydrogen-bond donors (Lipinski definition) is 0. The van der Waals surface area contributed by atoms with Gasteiger partial charge in [-0.1, -0.05) is 77.1 Å². The highest BCUT2D eigenvalue weighted by Crippen LogP contribution is 2.54. The van der Waals surface area contributed by atoms with Gasteiger partial charge in [0.25, 0.3) is 0 Å². The van der Waals surface area contributed by atoms with Crippen molar-refractivity contribution in [1.82, 2.24) is 0 Å². The Morgan fingerprint density at radius 3 is 1.92 bits per heavy atom. The van der Waals surface area contributed by atoms with Crippen molar-refractivity contribution in [3.05, 3.63) is 45.3 Å². The first-order chi connectivity index (χ1) is 11.5. The molecule has 1 aliphatic rings. The van der Waals surface area contributed by atoms with Gasteiger partial charge in [-0.05, 0) is 47.7 Å². The Morgan fingerprint density at radius 1 is 0.917 bits per heavy atom. The van der Waals surface area contributed by atoms with E-state index in [2.05, 4.69) is 70.0 Å². The highest BCUT2D eigenvalue weighted by Gasteiger charge is 2.38. The second-order valence-corrected chi connectivity index (χ2v) is 11.4. The second-order valence-electron chi connectivity index (χ2n) is 6.64. The van der Waals surface area contributed by atoms with E-state index in [1.165, 1.54) is 19.3 Å². The molecule has 1 nitrogen and oxygen atoms in total. The first-order valence-electron chi connectivity index (χ1n) is 8.69. The summed E-state index contributed by atoms with van der Waals surface area (Å²) in [5.74, 6) is 0.674. The van der Waals surface area contributed by atoms with Crippen molar-refractivity contribution in [2.24, 2.45) is 5.92 Å². The third-order valence-corrected chi connectivity index (χ3v) is 9.29. The number of rotatable bonds is 6. The van der Waals surface area contributed by atoms with Gasteiger partial charge in [-0.2, -0.15) is 0 Å². The van der Waals surface area contributed by atoms with Crippen LogP contribution in [0.15, 0.2) is 45.3 Å². The maximum Gasteiger partial charge on any atom is 0.144 e. The van der Waals surface area contributed by atoms with Crippen molar-refractivity contribution in [3.8, 4) is 11.1 Å². The monoisotopic (exact) mass is 468 g/mol. The Kier molecular flexibility index (Phi) is 5.74. The molecule has 0 bridgehead atoms. The zero-order chi connectivity index (χ0) is 17.3. The van der Waals surface area contributed by atoms with Gasteiger partial charge in [-0.25, -0.2) is 0 Å². The van der Waals surface area contributed by atoms with E-state index in [9.17, 15) is 4.57 Å². The van der Waals surface area contributed by atoms with Crippen molar-refractivity contribution in [1.29, 1.82) is 0 Å². The van der Waals surface area contributed by atoms with Gasteiger partial charge in [0.15, 0.2) is 0 Å². The van der Waals surface area contributed by atoms with Crippen LogP contribution in [0, 0.1) is 5.92 Å². The molecule has 0 radical (unpaired) electrons. The summed E-state index contributed by atoms with van der Waals surface area (Å²) in [4.78, 5) is 0. The van der Waals surface area contributed by atoms with Gasteiger partial charge in [-0.15, -0.1) is 0 Å². The van der Waals surface area contributed by atoms with E-state index >= 15 is 0 Å². The van der Waals surface area contributed by atoms with Crippen LogP contribution in [0.5, 0.6) is 0 Å². The summed E-state index contributed by atoms with van der Waals surface area (Å²) in [6, 6.07) is 12.5. The summed E-state index contributed by atoms with van der Waals surface area (Å²) in [5.41, 5.74) is 2.29. The average Bonchev–Trinajstić information content (AvgIpc) is 2.80. The normalized spacial score (nSPS) is 15.8. The molecule has 1 aliphatic heterocycles. The van der Waals surface area contributed by atoms with Crippen LogP contribution in [0.4, 0.5) is 0 Å². The average molecular weight is 470 g/mol. The summed E-state index contributed by atoms with van der Waals surface area (Å²) < 4.78 is 16.2. The Labute approximate surface area is 161 Å². The number of fused-ring (bicyclic) bond motifs is 3. The minimum atomic E-state index is -2.55. The molecule has 0 aromatic heterocycles. The van der Waals surface area contributed by atoms with E-state index in [1.54, 1.807) is 0 Å². The minimum Gasteiger partial charge on any atom is -0.314 e. The predicted molar refractivity (Wildman–Crippen MR) is 112 cm³/mol. The molecule has 128 valence electrons. The molecule has 0 saturated heterocycles. The number of hydrogen-bond acceptors (Lipinski definition) is 1. The van der Waals surface area contributed by atoms with Crippen molar-refractivity contribution in [2.45, 2.75) is 39.5 Å². The highest BCUT2D eigenvalue weighted by atomic mass is 79.9. The van der Waals surface area contributed by atoms with Gasteiger partial charge in [0, 0.05) is 25.7 Å². The Morgan fingerprint density at radius 2 is 1.46 bits per heavy atom. The molecule has 0 amide bonds. The molecule has 0 fully saturated rings. The maximum atomic E-state index is 14.1. The molecule has 0 saturated carbocycles. The van der Waals surface area contributed by atoms with Gasteiger partial charge in [0.2, 0.25) is 0 Å². The van der Waals surface area contributed by atoms with E-state index in [0.29, 0.717) is 5.92 Å². The van der Waals surface area contributed by atoms with Crippen molar-refractivity contribution >= 4 is 49.6 Å². The van der Waals surface area contributed by atoms with Crippen molar-refractivity contribution in [3.63, 3.8) is 0 Å². The fourth-order valence-electron chi connectivity index (χ4n) is 3.76. The van der Waals surface area contributed by atoms with E-state index in [4.69, 9.17) is 0 Å². The summed E-state index contributed by atoms with van der Waals surface area (Å²) in [5, 5.41) is 2.08. The molecule has 0 aliphatic carbocycles. The predicted octanol–water partition coefficient (Wildman–Crippen LogP) is 6.72. The summed E-state index contributed by atoms with van der Waals surface area (Å²) >= 11 is 7.13. The Balaban J connectivity index is 2.04. The topological polar surface area (TPSA) is 17.1 Å². The summed E-state index contributed by atoms with van der Waals surface area (Å²) in [7, 11) is -2.55. The molecular formula is C20H23Br2OP. The van der Waals surface area contributed by atoms with Crippen LogP contribution in [0.3, 0.4) is 0 Å². The van der Waals surface area contributed by atoms with Crippen LogP contribution >= 0.6 is 39.0 Å². The zero-order valence-corrected chi connectivity index (χ0v) is 18.3. The van der Waals surface area contributed by atoms with Gasteiger partial charge >= 0.3 is 0 Å². The van der Waals surface area contributed by atoms with Crippen LogP contribution in [-0.4, -0.2) is 6.16 Å². The fourth-order valence-corrected chi connectivity index (χ4v) is 8.17. The molecule has 1 heterocycles. The molecule has 1 unspecified atom stereocenters. The van der Waals surface area contributed by atoms with Crippen molar-refractivity contribution in [2.75, 3.05) is 6.16 Å². The lowest BCUT2D eigenvalue weighted by Crippen LogP contribution is -2.15. The highest BCUT2D eigenvalue weighted by molar-refractivity contribution is 9.10. The lowest BCUT2D eigenvalue weighted by Gasteiger charge is -2.19. The summed E-state index contributed by atoms with van der Waals surface area (Å²) in [6.07, 6.45) is 5.42. The van der Waals surface area contributed by atoms with E-state index in [1.807, 2.05) is 12.1 Å². The standard InChI is InChI=1S/C20H23Br2OP/c1-3-5-14(4-2)10-11-24(23)19-12-15(21)6-8-17(19)18-9-7-16(22)13-20(18)24/h6-9,12-14H,3-5,10-11H2,1-2H3. The zero-order valence-electron chi connectivity index (χ0n) is 14.2. The smallest absolute Gasteiger partial charge is 0.144 e. The lowest BCUT2D eigenvalue weighted by atomic mass is 9.98. The minimum absolute atomic E-state index is 0.674. The van der Waals surface area contributed by atoms with Crippen LogP contribution in [0.25, 0.3) is 11.1 Å². The molecule has 2 aromatic carbocycles. The largest absolute Gasteiger partial charge is 0.314 e. The third-order valence-electron chi connectivity index (χ3n) is 5.11. The number of halogens is 2. The first-order valence-corrected chi connectivity index (χ1v) is 12.2. The van der Waals surface area contributed by atoms with E-state index in [-0.39, 0.29) is 0 Å².